The van der Waals surface area contributed by atoms with Gasteiger partial charge in [-0.3, -0.25) is 5.41 Å². The molecule has 0 aromatic heterocycles. The van der Waals surface area contributed by atoms with Gasteiger partial charge in [-0.05, 0) is 12.1 Å². The Bertz CT molecular complexity index is 230. The van der Waals surface area contributed by atoms with E-state index in [-0.39, 0.29) is 0 Å². The minimum absolute atomic E-state index is 1.03. The highest BCUT2D eigenvalue weighted by atomic mass is 14.8. The fourth-order valence-corrected chi connectivity index (χ4v) is 0.870. The highest BCUT2D eigenvalue weighted by Crippen LogP contribution is 2.09. The topological polar surface area (TPSA) is 37.6 Å². The van der Waals surface area contributed by atoms with Gasteiger partial charge in [0, 0.05) is 12.7 Å². The van der Waals surface area contributed by atoms with Gasteiger partial charge in [-0.15, -0.1) is 0 Å². The second-order valence-corrected chi connectivity index (χ2v) is 2.00. The monoisotopic (exact) mass is 135 g/mol. The molecule has 0 atom stereocenters. The molecule has 2 heteroatoms. The van der Waals surface area contributed by atoms with Crippen molar-refractivity contribution in [3.63, 3.8) is 0 Å². The summed E-state index contributed by atoms with van der Waals surface area (Å²) in [5.74, 6) is 0. The average molecular weight is 135 g/mol. The maximum Gasteiger partial charge on any atom is 0.169 e. The summed E-state index contributed by atoms with van der Waals surface area (Å²) in [6.07, 6.45) is 1.59. The van der Waals surface area contributed by atoms with Crippen LogP contribution in [0.2, 0.25) is 0 Å². The third kappa shape index (κ3) is 1.16. The van der Waals surface area contributed by atoms with E-state index in [0.29, 0.717) is 0 Å². The Balaban J connectivity index is 3.08. The molecule has 0 unspecified atom stereocenters. The molecule has 0 saturated carbocycles. The predicted molar refractivity (Wildman–Crippen MR) is 43.1 cm³/mol. The summed E-state index contributed by atoms with van der Waals surface area (Å²) in [5, 5.41) is 8.40. The van der Waals surface area contributed by atoms with Crippen molar-refractivity contribution in [1.29, 1.82) is 0 Å². The Morgan fingerprint density at radius 1 is 1.40 bits per heavy atom. The summed E-state index contributed by atoms with van der Waals surface area (Å²) < 4.78 is 0. The predicted octanol–water partition coefficient (Wildman–Crippen LogP) is -0.0937. The second kappa shape index (κ2) is 3.01. The number of benzene rings is 1. The zero-order valence-corrected chi connectivity index (χ0v) is 5.96. The van der Waals surface area contributed by atoms with E-state index in [1.54, 1.807) is 6.21 Å². The van der Waals surface area contributed by atoms with Crippen LogP contribution in [-0.4, -0.2) is 13.3 Å². The van der Waals surface area contributed by atoms with Crippen molar-refractivity contribution in [2.75, 3.05) is 12.4 Å². The van der Waals surface area contributed by atoms with Gasteiger partial charge in [0.25, 0.3) is 0 Å². The van der Waals surface area contributed by atoms with Gasteiger partial charge in [0.05, 0.1) is 5.56 Å². The number of hydrogen-bond donors (Lipinski definition) is 2. The summed E-state index contributed by atoms with van der Waals surface area (Å²) >= 11 is 0. The standard InChI is InChI=1S/C8H10N2/c1-10-8-5-3-2-4-7(8)6-9/h2-6,9-10H,1H3/p+1. The third-order valence-electron chi connectivity index (χ3n) is 1.41. The van der Waals surface area contributed by atoms with E-state index in [0.717, 1.165) is 11.3 Å². The summed E-state index contributed by atoms with van der Waals surface area (Å²) in [4.78, 5) is 0. The molecule has 0 spiro atoms. The molecule has 10 heavy (non-hydrogen) atoms. The van der Waals surface area contributed by atoms with Crippen LogP contribution in [0.1, 0.15) is 5.56 Å². The third-order valence-corrected chi connectivity index (χ3v) is 1.41. The fraction of sp³-hybridized carbons (Fsp3) is 0.125. The van der Waals surface area contributed by atoms with Crippen LogP contribution in [-0.2, 0) is 0 Å². The molecule has 0 radical (unpaired) electrons. The molecule has 0 heterocycles. The first-order chi connectivity index (χ1) is 4.88. The van der Waals surface area contributed by atoms with E-state index < -0.39 is 0 Å². The van der Waals surface area contributed by atoms with Gasteiger partial charge in [-0.2, -0.15) is 0 Å². The van der Waals surface area contributed by atoms with E-state index in [4.69, 9.17) is 5.41 Å². The molecule has 0 bridgehead atoms. The highest BCUT2D eigenvalue weighted by molar-refractivity contribution is 5.83. The summed E-state index contributed by atoms with van der Waals surface area (Å²) in [5.41, 5.74) is 2.09. The Hall–Kier alpha value is -1.31. The maximum atomic E-state index is 5.36. The summed E-state index contributed by atoms with van der Waals surface area (Å²) in [6.45, 7) is 0. The van der Waals surface area contributed by atoms with Gasteiger partial charge in [-0.25, -0.2) is 0 Å². The van der Waals surface area contributed by atoms with Gasteiger partial charge in [-0.1, -0.05) is 12.1 Å². The lowest BCUT2D eigenvalue weighted by atomic mass is 10.2. The molecule has 2 nitrogen and oxygen atoms in total. The maximum absolute atomic E-state index is 5.36. The second-order valence-electron chi connectivity index (χ2n) is 2.00. The smallest absolute Gasteiger partial charge is 0.169 e. The average Bonchev–Trinajstić information content (AvgIpc) is 2.04. The van der Waals surface area contributed by atoms with Crippen LogP contribution in [0, 0.1) is 0 Å². The minimum Gasteiger partial charge on any atom is -0.387 e. The van der Waals surface area contributed by atoms with Crippen molar-refractivity contribution < 1.29 is 5.41 Å². The van der Waals surface area contributed by atoms with Crippen molar-refractivity contribution in [3.8, 4) is 0 Å². The zero-order chi connectivity index (χ0) is 7.40. The van der Waals surface area contributed by atoms with E-state index in [1.807, 2.05) is 31.3 Å². The van der Waals surface area contributed by atoms with E-state index >= 15 is 0 Å². The number of hydrogen-bond acceptors (Lipinski definition) is 1. The molecule has 0 aliphatic rings. The molecule has 0 aliphatic carbocycles. The van der Waals surface area contributed by atoms with Crippen LogP contribution in [0.25, 0.3) is 0 Å². The minimum atomic E-state index is 1.03. The number of rotatable bonds is 2. The normalized spacial score (nSPS) is 8.90. The van der Waals surface area contributed by atoms with Crippen LogP contribution in [0.5, 0.6) is 0 Å². The number of nitrogens with two attached hydrogens (primary N) is 1. The largest absolute Gasteiger partial charge is 0.387 e. The molecule has 1 aromatic rings. The number of nitrogens with one attached hydrogen (secondary N) is 1. The van der Waals surface area contributed by atoms with Crippen LogP contribution < -0.4 is 10.7 Å². The molecule has 1 rings (SSSR count). The number of para-hydroxylation sites is 1. The Morgan fingerprint density at radius 3 is 2.60 bits per heavy atom. The zero-order valence-electron chi connectivity index (χ0n) is 5.96. The van der Waals surface area contributed by atoms with Crippen LogP contribution in [0.3, 0.4) is 0 Å². The molecule has 3 N–H and O–H groups in total. The van der Waals surface area contributed by atoms with Gasteiger partial charge >= 0.3 is 0 Å². The van der Waals surface area contributed by atoms with Gasteiger partial charge in [0.15, 0.2) is 6.21 Å². The molecule has 0 aliphatic heterocycles. The van der Waals surface area contributed by atoms with E-state index in [1.165, 1.54) is 0 Å². The first kappa shape index (κ1) is 6.81. The Labute approximate surface area is 60.4 Å². The van der Waals surface area contributed by atoms with Gasteiger partial charge in [0.2, 0.25) is 0 Å². The lowest BCUT2D eigenvalue weighted by Gasteiger charge is -1.99. The molecular weight excluding hydrogens is 124 g/mol. The molecule has 0 fully saturated rings. The van der Waals surface area contributed by atoms with E-state index in [2.05, 4.69) is 5.32 Å². The van der Waals surface area contributed by atoms with Crippen LogP contribution >= 0.6 is 0 Å². The van der Waals surface area contributed by atoms with Crippen LogP contribution in [0.15, 0.2) is 24.3 Å². The molecule has 1 aromatic carbocycles. The van der Waals surface area contributed by atoms with Crippen molar-refractivity contribution in [2.45, 2.75) is 0 Å². The first-order valence-corrected chi connectivity index (χ1v) is 3.20. The molecule has 52 valence electrons. The Morgan fingerprint density at radius 2 is 2.10 bits per heavy atom. The number of anilines is 1. The van der Waals surface area contributed by atoms with Crippen molar-refractivity contribution in [1.82, 2.24) is 0 Å². The fourth-order valence-electron chi connectivity index (χ4n) is 0.870. The van der Waals surface area contributed by atoms with Gasteiger partial charge < -0.3 is 5.32 Å². The van der Waals surface area contributed by atoms with Crippen molar-refractivity contribution in [3.05, 3.63) is 29.8 Å². The SMILES string of the molecule is CNc1ccccc1C=[NH2+]. The van der Waals surface area contributed by atoms with Crippen LogP contribution in [0.4, 0.5) is 5.69 Å². The lowest BCUT2D eigenvalue weighted by Crippen LogP contribution is -2.30. The molecule has 0 saturated heterocycles. The molecule has 0 amide bonds. The Kier molecular flexibility index (Phi) is 2.05. The van der Waals surface area contributed by atoms with Gasteiger partial charge in [0.1, 0.15) is 0 Å². The molecular formula is C8H11N2+. The first-order valence-electron chi connectivity index (χ1n) is 3.20. The summed E-state index contributed by atoms with van der Waals surface area (Å²) in [7, 11) is 1.88. The highest BCUT2D eigenvalue weighted by Gasteiger charge is 1.95. The van der Waals surface area contributed by atoms with Crippen molar-refractivity contribution >= 4 is 11.9 Å². The summed E-state index contributed by atoms with van der Waals surface area (Å²) in [6, 6.07) is 7.88. The van der Waals surface area contributed by atoms with Crippen molar-refractivity contribution in [2.24, 2.45) is 0 Å². The van der Waals surface area contributed by atoms with E-state index in [9.17, 15) is 0 Å². The lowest BCUT2D eigenvalue weighted by molar-refractivity contribution is -0.104. The quantitative estimate of drug-likeness (QED) is 0.546.